The number of carboxylic acid groups (broad SMARTS) is 1. The minimum absolute atomic E-state index is 0.451. The molecular formula is C11H15NO6S2. The molecule has 112 valence electrons. The highest BCUT2D eigenvalue weighted by Crippen LogP contribution is 2.18. The van der Waals surface area contributed by atoms with Crippen LogP contribution >= 0.6 is 0 Å². The molecule has 0 aromatic heterocycles. The Balaban J connectivity index is 3.00. The Labute approximate surface area is 117 Å². The SMILES string of the molecule is CS(=O)(=O)CS(=O)(=O)NC(CC(=O)O)c1ccccc1. The summed E-state index contributed by atoms with van der Waals surface area (Å²) in [6.45, 7) is 0. The Hall–Kier alpha value is -1.45. The van der Waals surface area contributed by atoms with Gasteiger partial charge in [0.25, 0.3) is 0 Å². The molecule has 1 unspecified atom stereocenters. The summed E-state index contributed by atoms with van der Waals surface area (Å²) >= 11 is 0. The zero-order chi connectivity index (χ0) is 15.4. The molecule has 0 radical (unpaired) electrons. The van der Waals surface area contributed by atoms with Gasteiger partial charge in [-0.15, -0.1) is 0 Å². The second-order valence-electron chi connectivity index (χ2n) is 4.34. The fourth-order valence-electron chi connectivity index (χ4n) is 1.62. The molecule has 0 fully saturated rings. The first kappa shape index (κ1) is 16.6. The first-order chi connectivity index (χ1) is 9.09. The van der Waals surface area contributed by atoms with Crippen LogP contribution in [0.2, 0.25) is 0 Å². The van der Waals surface area contributed by atoms with Gasteiger partial charge in [0, 0.05) is 6.26 Å². The van der Waals surface area contributed by atoms with E-state index in [1.165, 1.54) is 0 Å². The van der Waals surface area contributed by atoms with E-state index in [0.29, 0.717) is 5.56 Å². The third-order valence-electron chi connectivity index (χ3n) is 2.27. The van der Waals surface area contributed by atoms with Crippen LogP contribution in [0, 0.1) is 0 Å². The van der Waals surface area contributed by atoms with Crippen LogP contribution in [0.4, 0.5) is 0 Å². The van der Waals surface area contributed by atoms with E-state index in [2.05, 4.69) is 4.72 Å². The Morgan fingerprint density at radius 1 is 1.20 bits per heavy atom. The first-order valence-corrected chi connectivity index (χ1v) is 9.25. The van der Waals surface area contributed by atoms with Crippen molar-refractivity contribution in [3.05, 3.63) is 35.9 Å². The van der Waals surface area contributed by atoms with Crippen molar-refractivity contribution in [2.24, 2.45) is 0 Å². The maximum atomic E-state index is 11.7. The van der Waals surface area contributed by atoms with Crippen molar-refractivity contribution < 1.29 is 26.7 Å². The Kier molecular flexibility index (Phi) is 5.26. The molecule has 9 heteroatoms. The number of rotatable bonds is 7. The molecule has 0 saturated heterocycles. The average molecular weight is 321 g/mol. The lowest BCUT2D eigenvalue weighted by atomic mass is 10.1. The number of nitrogens with one attached hydrogen (secondary N) is 1. The van der Waals surface area contributed by atoms with E-state index in [9.17, 15) is 21.6 Å². The molecule has 1 aromatic carbocycles. The molecule has 1 aromatic rings. The van der Waals surface area contributed by atoms with Crippen LogP contribution < -0.4 is 4.72 Å². The zero-order valence-corrected chi connectivity index (χ0v) is 12.3. The van der Waals surface area contributed by atoms with E-state index < -0.39 is 43.4 Å². The van der Waals surface area contributed by atoms with Gasteiger partial charge in [0.05, 0.1) is 12.5 Å². The summed E-state index contributed by atoms with van der Waals surface area (Å²) in [5, 5.41) is 7.74. The van der Waals surface area contributed by atoms with Crippen LogP contribution in [0.1, 0.15) is 18.0 Å². The molecule has 1 atom stereocenters. The number of sulfone groups is 1. The topological polar surface area (TPSA) is 118 Å². The second kappa shape index (κ2) is 6.33. The number of sulfonamides is 1. The summed E-state index contributed by atoms with van der Waals surface area (Å²) in [6, 6.07) is 7.09. The monoisotopic (exact) mass is 321 g/mol. The number of carbonyl (C=O) groups is 1. The molecule has 2 N–H and O–H groups in total. The van der Waals surface area contributed by atoms with Gasteiger partial charge in [-0.3, -0.25) is 4.79 Å². The summed E-state index contributed by atoms with van der Waals surface area (Å²) < 4.78 is 47.7. The van der Waals surface area contributed by atoms with Gasteiger partial charge in [-0.25, -0.2) is 21.6 Å². The molecule has 0 aliphatic heterocycles. The van der Waals surface area contributed by atoms with E-state index in [0.717, 1.165) is 6.26 Å². The van der Waals surface area contributed by atoms with Crippen LogP contribution in [-0.4, -0.2) is 39.3 Å². The highest BCUT2D eigenvalue weighted by atomic mass is 32.3. The van der Waals surface area contributed by atoms with Gasteiger partial charge in [-0.2, -0.15) is 0 Å². The lowest BCUT2D eigenvalue weighted by molar-refractivity contribution is -0.137. The normalized spacial score (nSPS) is 13.8. The highest BCUT2D eigenvalue weighted by Gasteiger charge is 2.25. The molecule has 0 spiro atoms. The van der Waals surface area contributed by atoms with Crippen LogP contribution in [-0.2, 0) is 24.7 Å². The lowest BCUT2D eigenvalue weighted by Crippen LogP contribution is -2.34. The standard InChI is InChI=1S/C11H15NO6S2/c1-19(15,16)8-20(17,18)12-10(7-11(13)14)9-5-3-2-4-6-9/h2-6,10,12H,7-8H2,1H3,(H,13,14). The Bertz CT molecular complexity index is 666. The van der Waals surface area contributed by atoms with Crippen molar-refractivity contribution in [1.29, 1.82) is 0 Å². The average Bonchev–Trinajstić information content (AvgIpc) is 2.25. The number of hydrogen-bond acceptors (Lipinski definition) is 5. The smallest absolute Gasteiger partial charge is 0.305 e. The van der Waals surface area contributed by atoms with E-state index >= 15 is 0 Å². The third kappa shape index (κ3) is 6.13. The van der Waals surface area contributed by atoms with Crippen molar-refractivity contribution in [1.82, 2.24) is 4.72 Å². The number of hydrogen-bond donors (Lipinski definition) is 2. The summed E-state index contributed by atoms with van der Waals surface area (Å²) in [5.41, 5.74) is 0.451. The fraction of sp³-hybridized carbons (Fsp3) is 0.364. The van der Waals surface area contributed by atoms with E-state index in [1.54, 1.807) is 30.3 Å². The minimum Gasteiger partial charge on any atom is -0.481 e. The first-order valence-electron chi connectivity index (χ1n) is 5.53. The van der Waals surface area contributed by atoms with Gasteiger partial charge in [-0.1, -0.05) is 30.3 Å². The predicted octanol–water partition coefficient (Wildman–Crippen LogP) is 0.124. The van der Waals surface area contributed by atoms with Crippen LogP contribution in [0.25, 0.3) is 0 Å². The maximum absolute atomic E-state index is 11.7. The Morgan fingerprint density at radius 2 is 1.75 bits per heavy atom. The van der Waals surface area contributed by atoms with Gasteiger partial charge in [-0.05, 0) is 5.56 Å². The second-order valence-corrected chi connectivity index (χ2v) is 8.60. The molecule has 0 saturated carbocycles. The van der Waals surface area contributed by atoms with Crippen LogP contribution in [0.3, 0.4) is 0 Å². The molecular weight excluding hydrogens is 306 g/mol. The van der Waals surface area contributed by atoms with Crippen LogP contribution in [0.15, 0.2) is 30.3 Å². The number of aliphatic carboxylic acids is 1. The summed E-state index contributed by atoms with van der Waals surface area (Å²) in [4.78, 5) is 10.8. The molecule has 0 aliphatic rings. The molecule has 0 heterocycles. The summed E-state index contributed by atoms with van der Waals surface area (Å²) in [6.07, 6.45) is 0.313. The van der Waals surface area contributed by atoms with Crippen molar-refractivity contribution >= 4 is 25.8 Å². The minimum atomic E-state index is -4.13. The van der Waals surface area contributed by atoms with Crippen molar-refractivity contribution in [3.63, 3.8) is 0 Å². The quantitative estimate of drug-likeness (QED) is 0.737. The molecule has 0 bridgehead atoms. The van der Waals surface area contributed by atoms with E-state index in [-0.39, 0.29) is 0 Å². The van der Waals surface area contributed by atoms with E-state index in [1.807, 2.05) is 0 Å². The largest absolute Gasteiger partial charge is 0.481 e. The lowest BCUT2D eigenvalue weighted by Gasteiger charge is -2.17. The van der Waals surface area contributed by atoms with Crippen molar-refractivity contribution in [2.45, 2.75) is 12.5 Å². The van der Waals surface area contributed by atoms with E-state index in [4.69, 9.17) is 5.11 Å². The van der Waals surface area contributed by atoms with Crippen molar-refractivity contribution in [2.75, 3.05) is 11.3 Å². The third-order valence-corrected chi connectivity index (χ3v) is 5.87. The van der Waals surface area contributed by atoms with Crippen LogP contribution in [0.5, 0.6) is 0 Å². The number of carboxylic acids is 1. The predicted molar refractivity (Wildman–Crippen MR) is 73.2 cm³/mol. The molecule has 0 aliphatic carbocycles. The van der Waals surface area contributed by atoms with Gasteiger partial charge in [0.1, 0.15) is 0 Å². The zero-order valence-electron chi connectivity index (χ0n) is 10.7. The summed E-state index contributed by atoms with van der Waals surface area (Å²) in [5.74, 6) is -1.19. The van der Waals surface area contributed by atoms with Crippen molar-refractivity contribution in [3.8, 4) is 0 Å². The highest BCUT2D eigenvalue weighted by molar-refractivity contribution is 8.06. The molecule has 20 heavy (non-hydrogen) atoms. The van der Waals surface area contributed by atoms with Gasteiger partial charge >= 0.3 is 5.97 Å². The van der Waals surface area contributed by atoms with Gasteiger partial charge in [0.2, 0.25) is 10.0 Å². The fourth-order valence-corrected chi connectivity index (χ4v) is 4.80. The molecule has 0 amide bonds. The molecule has 7 nitrogen and oxygen atoms in total. The number of benzene rings is 1. The Morgan fingerprint density at radius 3 is 2.20 bits per heavy atom. The van der Waals surface area contributed by atoms with Gasteiger partial charge in [0.15, 0.2) is 14.9 Å². The molecule has 1 rings (SSSR count). The maximum Gasteiger partial charge on any atom is 0.305 e. The summed E-state index contributed by atoms with van der Waals surface area (Å²) in [7, 11) is -7.87. The van der Waals surface area contributed by atoms with Gasteiger partial charge < -0.3 is 5.11 Å².